The summed E-state index contributed by atoms with van der Waals surface area (Å²) in [6.45, 7) is 9.58. The Hall–Kier alpha value is -0.630. The number of nitrogens with zero attached hydrogens (tertiary/aromatic N) is 3. The van der Waals surface area contributed by atoms with Crippen molar-refractivity contribution in [1.82, 2.24) is 15.3 Å². The molecule has 0 unspecified atom stereocenters. The highest BCUT2D eigenvalue weighted by Crippen LogP contribution is 2.21. The minimum atomic E-state index is -0.159. The molecule has 0 bridgehead atoms. The number of rotatable bonds is 6. The van der Waals surface area contributed by atoms with Crippen molar-refractivity contribution < 1.29 is 0 Å². The van der Waals surface area contributed by atoms with Crippen molar-refractivity contribution >= 4 is 0 Å². The van der Waals surface area contributed by atoms with Crippen molar-refractivity contribution in [1.29, 1.82) is 5.26 Å². The average molecular weight is 238 g/mol. The second-order valence-corrected chi connectivity index (χ2v) is 5.65. The summed E-state index contributed by atoms with van der Waals surface area (Å²) in [7, 11) is 2.17. The maximum Gasteiger partial charge on any atom is 0.0683 e. The van der Waals surface area contributed by atoms with Crippen LogP contribution in [0.15, 0.2) is 0 Å². The van der Waals surface area contributed by atoms with Gasteiger partial charge in [0.1, 0.15) is 0 Å². The number of nitriles is 1. The smallest absolute Gasteiger partial charge is 0.0683 e. The molecule has 1 rings (SSSR count). The molecule has 0 aliphatic carbocycles. The molecule has 1 heterocycles. The number of hydrazine groups is 1. The molecule has 0 saturated carbocycles. The highest BCUT2D eigenvalue weighted by atomic mass is 15.5. The Labute approximate surface area is 106 Å². The van der Waals surface area contributed by atoms with E-state index in [1.807, 2.05) is 13.8 Å². The van der Waals surface area contributed by atoms with Crippen LogP contribution in [0.25, 0.3) is 0 Å². The molecule has 0 aromatic carbocycles. The highest BCUT2D eigenvalue weighted by molar-refractivity contribution is 4.91. The van der Waals surface area contributed by atoms with E-state index in [2.05, 4.69) is 28.5 Å². The third-order valence-corrected chi connectivity index (χ3v) is 3.37. The van der Waals surface area contributed by atoms with E-state index in [1.165, 1.54) is 0 Å². The van der Waals surface area contributed by atoms with E-state index in [-0.39, 0.29) is 5.41 Å². The fourth-order valence-corrected chi connectivity index (χ4v) is 1.95. The average Bonchev–Trinajstić information content (AvgIpc) is 2.31. The topological polar surface area (TPSA) is 42.3 Å². The molecule has 4 nitrogen and oxygen atoms in total. The van der Waals surface area contributed by atoms with Gasteiger partial charge in [0.2, 0.25) is 0 Å². The molecule has 0 spiro atoms. The highest BCUT2D eigenvalue weighted by Gasteiger charge is 2.16. The maximum atomic E-state index is 8.90. The van der Waals surface area contributed by atoms with E-state index in [0.29, 0.717) is 0 Å². The summed E-state index contributed by atoms with van der Waals surface area (Å²) < 4.78 is 0. The Morgan fingerprint density at radius 3 is 2.41 bits per heavy atom. The molecule has 1 fully saturated rings. The van der Waals surface area contributed by atoms with Gasteiger partial charge in [-0.05, 0) is 33.7 Å². The standard InChI is InChI=1S/C13H26N4/c1-13(2,12-14)6-4-5-7-15-17-10-8-16(3)9-11-17/h15H,4-11H2,1-3H3. The monoisotopic (exact) mass is 238 g/mol. The van der Waals surface area contributed by atoms with Crippen molar-refractivity contribution in [2.45, 2.75) is 33.1 Å². The van der Waals surface area contributed by atoms with E-state index in [4.69, 9.17) is 5.26 Å². The minimum Gasteiger partial charge on any atom is -0.304 e. The Morgan fingerprint density at radius 1 is 1.18 bits per heavy atom. The van der Waals surface area contributed by atoms with Gasteiger partial charge in [0.25, 0.3) is 0 Å². The SMILES string of the molecule is CN1CCN(NCCCCC(C)(C)C#N)CC1. The summed E-state index contributed by atoms with van der Waals surface area (Å²) in [6.07, 6.45) is 3.27. The number of unbranched alkanes of at least 4 members (excludes halogenated alkanes) is 1. The van der Waals surface area contributed by atoms with Crippen molar-refractivity contribution in [3.8, 4) is 6.07 Å². The van der Waals surface area contributed by atoms with E-state index >= 15 is 0 Å². The molecule has 1 aliphatic rings. The summed E-state index contributed by atoms with van der Waals surface area (Å²) in [4.78, 5) is 2.35. The maximum absolute atomic E-state index is 8.90. The molecule has 1 N–H and O–H groups in total. The van der Waals surface area contributed by atoms with Crippen LogP contribution in [-0.4, -0.2) is 49.7 Å². The zero-order valence-corrected chi connectivity index (χ0v) is 11.5. The van der Waals surface area contributed by atoms with Crippen LogP contribution in [0.1, 0.15) is 33.1 Å². The molecule has 0 atom stereocenters. The van der Waals surface area contributed by atoms with Gasteiger partial charge in [-0.1, -0.05) is 6.42 Å². The first kappa shape index (κ1) is 14.4. The molecule has 1 aliphatic heterocycles. The number of likely N-dealkylation sites (N-methyl/N-ethyl adjacent to an activating group) is 1. The Morgan fingerprint density at radius 2 is 1.82 bits per heavy atom. The Kier molecular flexibility index (Phi) is 5.90. The second-order valence-electron chi connectivity index (χ2n) is 5.65. The van der Waals surface area contributed by atoms with E-state index in [9.17, 15) is 0 Å². The third kappa shape index (κ3) is 6.02. The van der Waals surface area contributed by atoms with Crippen LogP contribution >= 0.6 is 0 Å². The van der Waals surface area contributed by atoms with Crippen LogP contribution in [0, 0.1) is 16.7 Å². The number of hydrogen-bond donors (Lipinski definition) is 1. The minimum absolute atomic E-state index is 0.159. The van der Waals surface area contributed by atoms with Gasteiger partial charge in [-0.3, -0.25) is 5.43 Å². The van der Waals surface area contributed by atoms with E-state index in [0.717, 1.165) is 52.0 Å². The first-order valence-corrected chi connectivity index (χ1v) is 6.62. The quantitative estimate of drug-likeness (QED) is 0.711. The lowest BCUT2D eigenvalue weighted by Crippen LogP contribution is -2.50. The van der Waals surface area contributed by atoms with Gasteiger partial charge < -0.3 is 4.90 Å². The van der Waals surface area contributed by atoms with Crippen LogP contribution in [0.4, 0.5) is 0 Å². The first-order valence-electron chi connectivity index (χ1n) is 6.62. The molecule has 0 amide bonds. The van der Waals surface area contributed by atoms with Crippen LogP contribution in [-0.2, 0) is 0 Å². The van der Waals surface area contributed by atoms with Crippen LogP contribution in [0.3, 0.4) is 0 Å². The van der Waals surface area contributed by atoms with E-state index in [1.54, 1.807) is 0 Å². The molecular weight excluding hydrogens is 212 g/mol. The van der Waals surface area contributed by atoms with Crippen molar-refractivity contribution in [3.05, 3.63) is 0 Å². The number of nitrogens with one attached hydrogen (secondary N) is 1. The normalized spacial score (nSPS) is 19.2. The predicted octanol–water partition coefficient (Wildman–Crippen LogP) is 1.46. The van der Waals surface area contributed by atoms with Gasteiger partial charge in [0.15, 0.2) is 0 Å². The predicted molar refractivity (Wildman–Crippen MR) is 70.3 cm³/mol. The summed E-state index contributed by atoms with van der Waals surface area (Å²) in [5, 5.41) is 11.2. The van der Waals surface area contributed by atoms with Crippen LogP contribution < -0.4 is 5.43 Å². The lowest BCUT2D eigenvalue weighted by molar-refractivity contribution is 0.104. The molecule has 98 valence electrons. The Bertz CT molecular complexity index is 249. The van der Waals surface area contributed by atoms with E-state index < -0.39 is 0 Å². The summed E-state index contributed by atoms with van der Waals surface area (Å²) in [5.41, 5.74) is 3.31. The lowest BCUT2D eigenvalue weighted by Gasteiger charge is -2.32. The van der Waals surface area contributed by atoms with Gasteiger partial charge in [0, 0.05) is 32.7 Å². The van der Waals surface area contributed by atoms with Crippen molar-refractivity contribution in [2.24, 2.45) is 5.41 Å². The van der Waals surface area contributed by atoms with Crippen molar-refractivity contribution in [3.63, 3.8) is 0 Å². The van der Waals surface area contributed by atoms with Gasteiger partial charge in [0.05, 0.1) is 11.5 Å². The summed E-state index contributed by atoms with van der Waals surface area (Å²) >= 11 is 0. The summed E-state index contributed by atoms with van der Waals surface area (Å²) in [5.74, 6) is 0. The molecule has 1 saturated heterocycles. The van der Waals surface area contributed by atoms with Crippen LogP contribution in [0.5, 0.6) is 0 Å². The number of piperazine rings is 1. The largest absolute Gasteiger partial charge is 0.304 e. The van der Waals surface area contributed by atoms with Gasteiger partial charge in [-0.25, -0.2) is 5.01 Å². The van der Waals surface area contributed by atoms with Gasteiger partial charge in [-0.2, -0.15) is 5.26 Å². The number of hydrogen-bond acceptors (Lipinski definition) is 4. The molecule has 0 radical (unpaired) electrons. The lowest BCUT2D eigenvalue weighted by atomic mass is 9.89. The second kappa shape index (κ2) is 6.95. The van der Waals surface area contributed by atoms with Gasteiger partial charge >= 0.3 is 0 Å². The fraction of sp³-hybridized carbons (Fsp3) is 0.923. The van der Waals surface area contributed by atoms with Crippen molar-refractivity contribution in [2.75, 3.05) is 39.8 Å². The zero-order valence-electron chi connectivity index (χ0n) is 11.5. The third-order valence-electron chi connectivity index (χ3n) is 3.37. The molecule has 0 aromatic heterocycles. The van der Waals surface area contributed by atoms with Gasteiger partial charge in [-0.15, -0.1) is 0 Å². The fourth-order valence-electron chi connectivity index (χ4n) is 1.95. The molecule has 0 aromatic rings. The van der Waals surface area contributed by atoms with Crippen LogP contribution in [0.2, 0.25) is 0 Å². The zero-order chi connectivity index (χ0) is 12.7. The molecule has 17 heavy (non-hydrogen) atoms. The molecule has 4 heteroatoms. The Balaban J connectivity index is 2.00. The molecular formula is C13H26N4. The first-order chi connectivity index (χ1) is 8.03. The summed E-state index contributed by atoms with van der Waals surface area (Å²) in [6, 6.07) is 2.35.